The van der Waals surface area contributed by atoms with E-state index in [1.54, 1.807) is 6.20 Å². The van der Waals surface area contributed by atoms with Crippen LogP contribution in [0.1, 0.15) is 36.9 Å². The van der Waals surface area contributed by atoms with Crippen molar-refractivity contribution in [1.29, 1.82) is 0 Å². The van der Waals surface area contributed by atoms with Crippen molar-refractivity contribution < 1.29 is 4.42 Å². The summed E-state index contributed by atoms with van der Waals surface area (Å²) < 4.78 is 5.55. The average Bonchev–Trinajstić information content (AvgIpc) is 2.87. The maximum absolute atomic E-state index is 5.55. The minimum Gasteiger partial charge on any atom is -0.406 e. The van der Waals surface area contributed by atoms with E-state index >= 15 is 0 Å². The van der Waals surface area contributed by atoms with Gasteiger partial charge in [0, 0.05) is 18.9 Å². The fraction of sp³-hybridized carbons (Fsp3) is 0.462. The fourth-order valence-electron chi connectivity index (χ4n) is 1.75. The minimum atomic E-state index is 0.0655. The summed E-state index contributed by atoms with van der Waals surface area (Å²) in [6, 6.07) is 2.48. The highest BCUT2D eigenvalue weighted by atomic mass is 16.4. The molecule has 0 bridgehead atoms. The highest BCUT2D eigenvalue weighted by Gasteiger charge is 2.12. The molecule has 0 saturated carbocycles. The first-order valence-corrected chi connectivity index (χ1v) is 6.41. The summed E-state index contributed by atoms with van der Waals surface area (Å²) in [6.07, 6.45) is 3.61. The number of anilines is 1. The van der Waals surface area contributed by atoms with Crippen molar-refractivity contribution in [1.82, 2.24) is 20.5 Å². The molecule has 2 N–H and O–H groups in total. The smallest absolute Gasteiger partial charge is 0.315 e. The summed E-state index contributed by atoms with van der Waals surface area (Å²) in [5.41, 5.74) is 2.30. The van der Waals surface area contributed by atoms with E-state index in [-0.39, 0.29) is 6.04 Å². The highest BCUT2D eigenvalue weighted by molar-refractivity contribution is 5.27. The van der Waals surface area contributed by atoms with E-state index in [9.17, 15) is 0 Å². The molecule has 0 spiro atoms. The molecule has 0 aromatic carbocycles. The van der Waals surface area contributed by atoms with Crippen LogP contribution < -0.4 is 10.6 Å². The Morgan fingerprint density at radius 3 is 2.95 bits per heavy atom. The van der Waals surface area contributed by atoms with Gasteiger partial charge in [-0.15, -0.1) is 5.10 Å². The van der Waals surface area contributed by atoms with E-state index < -0.39 is 0 Å². The van der Waals surface area contributed by atoms with Crippen LogP contribution in [0.15, 0.2) is 22.9 Å². The lowest BCUT2D eigenvalue weighted by Gasteiger charge is -2.06. The van der Waals surface area contributed by atoms with Gasteiger partial charge in [-0.25, -0.2) is 0 Å². The summed E-state index contributed by atoms with van der Waals surface area (Å²) in [6.45, 7) is 7.57. The number of aryl methyl sites for hydroxylation is 1. The summed E-state index contributed by atoms with van der Waals surface area (Å²) in [7, 11) is 0. The van der Waals surface area contributed by atoms with Crippen LogP contribution in [0.2, 0.25) is 0 Å². The fourth-order valence-corrected chi connectivity index (χ4v) is 1.75. The quantitative estimate of drug-likeness (QED) is 0.829. The monoisotopic (exact) mass is 261 g/mol. The third-order valence-electron chi connectivity index (χ3n) is 2.89. The topological polar surface area (TPSA) is 75.9 Å². The van der Waals surface area contributed by atoms with Crippen molar-refractivity contribution in [3.05, 3.63) is 35.5 Å². The van der Waals surface area contributed by atoms with Gasteiger partial charge in [-0.05, 0) is 37.6 Å². The molecule has 0 saturated heterocycles. The SMILES string of the molecule is CCNC(C)c1nnc(NCc2ccncc2C)o1. The molecular formula is C13H19N5O. The molecule has 0 fully saturated rings. The summed E-state index contributed by atoms with van der Waals surface area (Å²) >= 11 is 0. The molecule has 19 heavy (non-hydrogen) atoms. The van der Waals surface area contributed by atoms with E-state index in [2.05, 4.69) is 25.8 Å². The zero-order valence-electron chi connectivity index (χ0n) is 11.5. The molecule has 0 aliphatic rings. The molecule has 0 aliphatic heterocycles. The Labute approximate surface area is 112 Å². The molecular weight excluding hydrogens is 242 g/mol. The van der Waals surface area contributed by atoms with Gasteiger partial charge in [-0.2, -0.15) is 0 Å². The van der Waals surface area contributed by atoms with Crippen LogP contribution in [0.3, 0.4) is 0 Å². The second-order valence-corrected chi connectivity index (χ2v) is 4.38. The van der Waals surface area contributed by atoms with Gasteiger partial charge in [0.25, 0.3) is 0 Å². The van der Waals surface area contributed by atoms with Crippen LogP contribution in [-0.4, -0.2) is 21.7 Å². The van der Waals surface area contributed by atoms with Gasteiger partial charge in [-0.1, -0.05) is 12.0 Å². The highest BCUT2D eigenvalue weighted by Crippen LogP contribution is 2.14. The molecule has 2 rings (SSSR count). The van der Waals surface area contributed by atoms with E-state index in [1.807, 2.05) is 33.0 Å². The molecule has 6 nitrogen and oxygen atoms in total. The first-order chi connectivity index (χ1) is 9.20. The second kappa shape index (κ2) is 6.29. The number of hydrogen-bond acceptors (Lipinski definition) is 6. The second-order valence-electron chi connectivity index (χ2n) is 4.38. The zero-order valence-corrected chi connectivity index (χ0v) is 11.5. The van der Waals surface area contributed by atoms with Crippen molar-refractivity contribution in [2.24, 2.45) is 0 Å². The number of hydrogen-bond donors (Lipinski definition) is 2. The molecule has 102 valence electrons. The number of nitrogens with zero attached hydrogens (tertiary/aromatic N) is 3. The van der Waals surface area contributed by atoms with E-state index in [1.165, 1.54) is 0 Å². The lowest BCUT2D eigenvalue weighted by Crippen LogP contribution is -2.17. The lowest BCUT2D eigenvalue weighted by atomic mass is 10.2. The van der Waals surface area contributed by atoms with Crippen molar-refractivity contribution in [2.75, 3.05) is 11.9 Å². The minimum absolute atomic E-state index is 0.0655. The van der Waals surface area contributed by atoms with Gasteiger partial charge in [0.1, 0.15) is 0 Å². The Morgan fingerprint density at radius 1 is 1.37 bits per heavy atom. The van der Waals surface area contributed by atoms with Gasteiger partial charge in [0.15, 0.2) is 0 Å². The Bertz CT molecular complexity index is 525. The van der Waals surface area contributed by atoms with Gasteiger partial charge >= 0.3 is 6.01 Å². The van der Waals surface area contributed by atoms with Crippen molar-refractivity contribution >= 4 is 6.01 Å². The number of pyridine rings is 1. The third-order valence-corrected chi connectivity index (χ3v) is 2.89. The Kier molecular flexibility index (Phi) is 4.46. The summed E-state index contributed by atoms with van der Waals surface area (Å²) in [4.78, 5) is 4.06. The molecule has 6 heteroatoms. The number of nitrogens with one attached hydrogen (secondary N) is 2. The van der Waals surface area contributed by atoms with Gasteiger partial charge in [0.05, 0.1) is 6.04 Å². The standard InChI is InChI=1S/C13H19N5O/c1-4-15-10(3)12-17-18-13(19-12)16-8-11-5-6-14-7-9(11)2/h5-7,10,15H,4,8H2,1-3H3,(H,16,18). The van der Waals surface area contributed by atoms with E-state index in [0.717, 1.165) is 17.7 Å². The number of aromatic nitrogens is 3. The molecule has 2 heterocycles. The largest absolute Gasteiger partial charge is 0.406 e. The van der Waals surface area contributed by atoms with Crippen LogP contribution in [0.5, 0.6) is 0 Å². The Hall–Kier alpha value is -1.95. The zero-order chi connectivity index (χ0) is 13.7. The molecule has 0 radical (unpaired) electrons. The summed E-state index contributed by atoms with van der Waals surface area (Å²) in [5, 5.41) is 14.3. The van der Waals surface area contributed by atoms with Gasteiger partial charge < -0.3 is 15.1 Å². The Balaban J connectivity index is 1.95. The average molecular weight is 261 g/mol. The third kappa shape index (κ3) is 3.51. The van der Waals surface area contributed by atoms with Crippen LogP contribution in [0.25, 0.3) is 0 Å². The predicted molar refractivity (Wildman–Crippen MR) is 72.7 cm³/mol. The molecule has 2 aromatic rings. The van der Waals surface area contributed by atoms with Crippen LogP contribution in [0.4, 0.5) is 6.01 Å². The molecule has 2 aromatic heterocycles. The maximum atomic E-state index is 5.55. The van der Waals surface area contributed by atoms with Crippen molar-refractivity contribution in [3.63, 3.8) is 0 Å². The van der Waals surface area contributed by atoms with Crippen LogP contribution in [0, 0.1) is 6.92 Å². The molecule has 0 aliphatic carbocycles. The first kappa shape index (κ1) is 13.5. The number of rotatable bonds is 6. The van der Waals surface area contributed by atoms with Gasteiger partial charge in [-0.3, -0.25) is 4.98 Å². The van der Waals surface area contributed by atoms with Crippen molar-refractivity contribution in [2.45, 2.75) is 33.4 Å². The molecule has 1 atom stereocenters. The maximum Gasteiger partial charge on any atom is 0.315 e. The molecule has 0 amide bonds. The van der Waals surface area contributed by atoms with E-state index in [0.29, 0.717) is 18.5 Å². The van der Waals surface area contributed by atoms with E-state index in [4.69, 9.17) is 4.42 Å². The predicted octanol–water partition coefficient (Wildman–Crippen LogP) is 2.06. The van der Waals surface area contributed by atoms with Gasteiger partial charge in [0.2, 0.25) is 5.89 Å². The lowest BCUT2D eigenvalue weighted by molar-refractivity contribution is 0.428. The molecule has 1 unspecified atom stereocenters. The normalized spacial score (nSPS) is 12.4. The first-order valence-electron chi connectivity index (χ1n) is 6.41. The van der Waals surface area contributed by atoms with Crippen molar-refractivity contribution in [3.8, 4) is 0 Å². The van der Waals surface area contributed by atoms with Crippen LogP contribution >= 0.6 is 0 Å². The summed E-state index contributed by atoms with van der Waals surface area (Å²) in [5.74, 6) is 0.593. The van der Waals surface area contributed by atoms with Crippen LogP contribution in [-0.2, 0) is 6.54 Å². The Morgan fingerprint density at radius 2 is 2.21 bits per heavy atom.